The van der Waals surface area contributed by atoms with E-state index in [1.54, 1.807) is 6.07 Å². The molecule has 0 aromatic heterocycles. The maximum absolute atomic E-state index is 13.2. The van der Waals surface area contributed by atoms with Gasteiger partial charge < -0.3 is 11.1 Å². The van der Waals surface area contributed by atoms with Crippen LogP contribution in [0.3, 0.4) is 0 Å². The van der Waals surface area contributed by atoms with Crippen molar-refractivity contribution in [2.24, 2.45) is 5.73 Å². The molecule has 0 bridgehead atoms. The van der Waals surface area contributed by atoms with E-state index in [4.69, 9.17) is 11.1 Å². The molecule has 7 heteroatoms. The molecular weight excluding hydrogens is 267 g/mol. The number of carbonyl (C=O) groups excluding carboxylic acids is 1. The topological polar surface area (TPSA) is 91.0 Å². The number of hydrogen-bond donors (Lipinski definition) is 4. The molecule has 0 atom stereocenters. The third kappa shape index (κ3) is 3.21. The molecule has 0 aliphatic heterocycles. The van der Waals surface area contributed by atoms with Crippen LogP contribution in [0.4, 0.5) is 14.9 Å². The van der Waals surface area contributed by atoms with E-state index in [1.807, 2.05) is 5.32 Å². The van der Waals surface area contributed by atoms with Gasteiger partial charge >= 0.3 is 6.03 Å². The van der Waals surface area contributed by atoms with Gasteiger partial charge in [0.2, 0.25) is 0 Å². The molecule has 0 fully saturated rings. The van der Waals surface area contributed by atoms with E-state index in [0.29, 0.717) is 4.47 Å². The summed E-state index contributed by atoms with van der Waals surface area (Å²) in [5, 5.41) is 11.0. The summed E-state index contributed by atoms with van der Waals surface area (Å²) in [5.41, 5.74) is 4.93. The van der Waals surface area contributed by atoms with E-state index in [0.717, 1.165) is 0 Å². The standard InChI is InChI=1S/C8H8BrFN4O/c9-4-2-1-3-5(10)6(4)13-8(15)14-7(11)12/h1-3H,(H5,11,12,13,14,15). The van der Waals surface area contributed by atoms with Gasteiger partial charge in [-0.25, -0.2) is 9.18 Å². The van der Waals surface area contributed by atoms with E-state index in [2.05, 4.69) is 21.2 Å². The lowest BCUT2D eigenvalue weighted by Crippen LogP contribution is -2.38. The highest BCUT2D eigenvalue weighted by atomic mass is 79.9. The molecule has 80 valence electrons. The number of para-hydroxylation sites is 1. The van der Waals surface area contributed by atoms with Crippen molar-refractivity contribution in [3.8, 4) is 0 Å². The van der Waals surface area contributed by atoms with Gasteiger partial charge in [0.15, 0.2) is 5.96 Å². The Balaban J connectivity index is 2.80. The zero-order valence-electron chi connectivity index (χ0n) is 7.47. The Hall–Kier alpha value is -1.63. The van der Waals surface area contributed by atoms with Crippen LogP contribution in [0.5, 0.6) is 0 Å². The number of urea groups is 1. The van der Waals surface area contributed by atoms with Crippen molar-refractivity contribution in [2.75, 3.05) is 5.32 Å². The number of guanidine groups is 1. The number of benzene rings is 1. The first-order valence-corrected chi connectivity index (χ1v) is 4.66. The zero-order valence-corrected chi connectivity index (χ0v) is 9.06. The molecule has 1 rings (SSSR count). The lowest BCUT2D eigenvalue weighted by molar-refractivity contribution is 0.256. The minimum atomic E-state index is -0.770. The molecule has 0 spiro atoms. The lowest BCUT2D eigenvalue weighted by atomic mass is 10.3. The van der Waals surface area contributed by atoms with Gasteiger partial charge in [-0.3, -0.25) is 10.7 Å². The van der Waals surface area contributed by atoms with Crippen molar-refractivity contribution in [1.29, 1.82) is 5.41 Å². The molecule has 0 aliphatic carbocycles. The molecule has 1 aromatic rings. The van der Waals surface area contributed by atoms with Crippen LogP contribution in [0.2, 0.25) is 0 Å². The first-order valence-electron chi connectivity index (χ1n) is 3.86. The third-order valence-electron chi connectivity index (χ3n) is 1.45. The van der Waals surface area contributed by atoms with Gasteiger partial charge in [-0.15, -0.1) is 0 Å². The first kappa shape index (κ1) is 11.4. The average molecular weight is 275 g/mol. The fourth-order valence-electron chi connectivity index (χ4n) is 0.884. The molecule has 1 aromatic carbocycles. The van der Waals surface area contributed by atoms with Gasteiger partial charge in [0.1, 0.15) is 5.82 Å². The quantitative estimate of drug-likeness (QED) is 0.463. The van der Waals surface area contributed by atoms with Crippen molar-refractivity contribution in [1.82, 2.24) is 5.32 Å². The number of nitrogens with two attached hydrogens (primary N) is 1. The number of halogens is 2. The average Bonchev–Trinajstić information content (AvgIpc) is 2.10. The molecule has 0 saturated heterocycles. The highest BCUT2D eigenvalue weighted by molar-refractivity contribution is 9.10. The van der Waals surface area contributed by atoms with Crippen molar-refractivity contribution < 1.29 is 9.18 Å². The van der Waals surface area contributed by atoms with Crippen LogP contribution in [-0.2, 0) is 0 Å². The van der Waals surface area contributed by atoms with Crippen molar-refractivity contribution in [3.63, 3.8) is 0 Å². The molecule has 2 amide bonds. The summed E-state index contributed by atoms with van der Waals surface area (Å²) in [6.07, 6.45) is 0. The molecule has 15 heavy (non-hydrogen) atoms. The third-order valence-corrected chi connectivity index (χ3v) is 2.11. The largest absolute Gasteiger partial charge is 0.370 e. The lowest BCUT2D eigenvalue weighted by Gasteiger charge is -2.08. The Morgan fingerprint density at radius 2 is 2.20 bits per heavy atom. The predicted molar refractivity (Wildman–Crippen MR) is 58.2 cm³/mol. The Morgan fingerprint density at radius 1 is 1.53 bits per heavy atom. The summed E-state index contributed by atoms with van der Waals surface area (Å²) in [5.74, 6) is -1.09. The van der Waals surface area contributed by atoms with Crippen LogP contribution < -0.4 is 16.4 Å². The Labute approximate surface area is 93.5 Å². The van der Waals surface area contributed by atoms with Gasteiger partial charge in [0, 0.05) is 4.47 Å². The number of anilines is 1. The Morgan fingerprint density at radius 3 is 2.73 bits per heavy atom. The van der Waals surface area contributed by atoms with E-state index in [9.17, 15) is 9.18 Å². The number of rotatable bonds is 1. The second-order valence-corrected chi connectivity index (χ2v) is 3.44. The van der Waals surface area contributed by atoms with E-state index in [-0.39, 0.29) is 5.69 Å². The normalized spacial score (nSPS) is 9.47. The van der Waals surface area contributed by atoms with E-state index < -0.39 is 17.8 Å². The van der Waals surface area contributed by atoms with Gasteiger partial charge in [0.05, 0.1) is 5.69 Å². The van der Waals surface area contributed by atoms with Crippen molar-refractivity contribution in [2.45, 2.75) is 0 Å². The van der Waals surface area contributed by atoms with Crippen molar-refractivity contribution >= 4 is 33.6 Å². The zero-order chi connectivity index (χ0) is 11.4. The summed E-state index contributed by atoms with van der Waals surface area (Å²) in [4.78, 5) is 11.1. The number of hydrogen-bond acceptors (Lipinski definition) is 2. The molecule has 5 nitrogen and oxygen atoms in total. The fraction of sp³-hybridized carbons (Fsp3) is 0. The molecular formula is C8H8BrFN4O. The maximum Gasteiger partial charge on any atom is 0.326 e. The number of amides is 2. The predicted octanol–water partition coefficient (Wildman–Crippen LogP) is 1.60. The van der Waals surface area contributed by atoms with Crippen LogP contribution in [0.25, 0.3) is 0 Å². The molecule has 5 N–H and O–H groups in total. The summed E-state index contributed by atoms with van der Waals surface area (Å²) in [6.45, 7) is 0. The summed E-state index contributed by atoms with van der Waals surface area (Å²) >= 11 is 3.07. The Bertz CT molecular complexity index is 389. The van der Waals surface area contributed by atoms with Crippen LogP contribution in [0.15, 0.2) is 22.7 Å². The van der Waals surface area contributed by atoms with Crippen LogP contribution in [-0.4, -0.2) is 12.0 Å². The van der Waals surface area contributed by atoms with Crippen LogP contribution in [0, 0.1) is 11.2 Å². The smallest absolute Gasteiger partial charge is 0.326 e. The van der Waals surface area contributed by atoms with Crippen LogP contribution in [0.1, 0.15) is 0 Å². The SMILES string of the molecule is N=C(N)NC(=O)Nc1c(F)cccc1Br. The van der Waals surface area contributed by atoms with E-state index in [1.165, 1.54) is 12.1 Å². The van der Waals surface area contributed by atoms with E-state index >= 15 is 0 Å². The first-order chi connectivity index (χ1) is 7.00. The minimum absolute atomic E-state index is 0.00347. The van der Waals surface area contributed by atoms with Crippen molar-refractivity contribution in [3.05, 3.63) is 28.5 Å². The molecule has 0 aliphatic rings. The molecule has 0 heterocycles. The monoisotopic (exact) mass is 274 g/mol. The highest BCUT2D eigenvalue weighted by Gasteiger charge is 2.09. The van der Waals surface area contributed by atoms with Gasteiger partial charge in [-0.1, -0.05) is 6.07 Å². The summed E-state index contributed by atoms with van der Waals surface area (Å²) < 4.78 is 13.6. The van der Waals surface area contributed by atoms with Gasteiger partial charge in [0.25, 0.3) is 0 Å². The Kier molecular flexibility index (Phi) is 3.62. The summed E-state index contributed by atoms with van der Waals surface area (Å²) in [7, 11) is 0. The molecule has 0 unspecified atom stereocenters. The van der Waals surface area contributed by atoms with Gasteiger partial charge in [-0.05, 0) is 28.1 Å². The number of nitrogens with one attached hydrogen (secondary N) is 3. The fourth-order valence-corrected chi connectivity index (χ4v) is 1.33. The highest BCUT2D eigenvalue weighted by Crippen LogP contribution is 2.24. The van der Waals surface area contributed by atoms with Gasteiger partial charge in [-0.2, -0.15) is 0 Å². The maximum atomic E-state index is 13.2. The second-order valence-electron chi connectivity index (χ2n) is 2.59. The minimum Gasteiger partial charge on any atom is -0.370 e. The molecule has 0 radical (unpaired) electrons. The second kappa shape index (κ2) is 4.74. The number of carbonyl (C=O) groups is 1. The summed E-state index contributed by atoms with van der Waals surface area (Å²) in [6, 6.07) is 3.50. The van der Waals surface area contributed by atoms with Crippen LogP contribution >= 0.6 is 15.9 Å². The molecule has 0 saturated carbocycles.